The Kier molecular flexibility index (Phi) is 5.16. The monoisotopic (exact) mass is 319 g/mol. The van der Waals surface area contributed by atoms with Gasteiger partial charge in [0, 0.05) is 37.9 Å². The molecule has 5 heteroatoms. The number of piperidine rings is 1. The second-order valence-corrected chi connectivity index (χ2v) is 6.66. The van der Waals surface area contributed by atoms with Crippen LogP contribution in [0.4, 0.5) is 10.1 Å². The highest BCUT2D eigenvalue weighted by Crippen LogP contribution is 2.24. The molecule has 2 aliphatic heterocycles. The number of anilines is 1. The maximum absolute atomic E-state index is 13.2. The Morgan fingerprint density at radius 3 is 2.57 bits per heavy atom. The Labute approximate surface area is 137 Å². The summed E-state index contributed by atoms with van der Waals surface area (Å²) in [5, 5.41) is 3.42. The zero-order valence-corrected chi connectivity index (χ0v) is 13.9. The molecule has 0 radical (unpaired) electrons. The molecule has 2 aliphatic rings. The molecule has 2 fully saturated rings. The number of hydrogen-bond acceptors (Lipinski definition) is 3. The Balaban J connectivity index is 1.45. The molecule has 1 aromatic rings. The fraction of sp³-hybridized carbons (Fsp3) is 0.611. The van der Waals surface area contributed by atoms with Crippen LogP contribution in [0.15, 0.2) is 18.2 Å². The summed E-state index contributed by atoms with van der Waals surface area (Å²) in [7, 11) is 0. The van der Waals surface area contributed by atoms with Crippen molar-refractivity contribution in [3.8, 4) is 0 Å². The van der Waals surface area contributed by atoms with Crippen LogP contribution in [0.25, 0.3) is 0 Å². The van der Waals surface area contributed by atoms with Crippen molar-refractivity contribution in [2.75, 3.05) is 37.6 Å². The molecule has 0 unspecified atom stereocenters. The third-order valence-electron chi connectivity index (χ3n) is 5.00. The zero-order valence-electron chi connectivity index (χ0n) is 13.9. The third kappa shape index (κ3) is 4.02. The van der Waals surface area contributed by atoms with Gasteiger partial charge >= 0.3 is 0 Å². The van der Waals surface area contributed by atoms with Crippen molar-refractivity contribution in [3.63, 3.8) is 0 Å². The first-order valence-electron chi connectivity index (χ1n) is 8.66. The highest BCUT2D eigenvalue weighted by Gasteiger charge is 2.22. The fourth-order valence-corrected chi connectivity index (χ4v) is 3.61. The first kappa shape index (κ1) is 16.2. The molecule has 4 nitrogen and oxygen atoms in total. The summed E-state index contributed by atoms with van der Waals surface area (Å²) < 4.78 is 13.2. The summed E-state index contributed by atoms with van der Waals surface area (Å²) >= 11 is 0. The molecule has 126 valence electrons. The lowest BCUT2D eigenvalue weighted by molar-refractivity contribution is -0.129. The topological polar surface area (TPSA) is 35.6 Å². The maximum atomic E-state index is 13.2. The maximum Gasteiger partial charge on any atom is 0.236 e. The molecule has 0 spiro atoms. The van der Waals surface area contributed by atoms with Crippen molar-refractivity contribution in [1.29, 1.82) is 0 Å². The predicted molar refractivity (Wildman–Crippen MR) is 90.2 cm³/mol. The summed E-state index contributed by atoms with van der Waals surface area (Å²) in [4.78, 5) is 16.3. The van der Waals surface area contributed by atoms with E-state index in [1.165, 1.54) is 6.07 Å². The number of likely N-dealkylation sites (tertiary alicyclic amines) is 1. The van der Waals surface area contributed by atoms with Gasteiger partial charge in [-0.15, -0.1) is 0 Å². The molecule has 1 amide bonds. The van der Waals surface area contributed by atoms with Crippen molar-refractivity contribution in [2.24, 2.45) is 0 Å². The van der Waals surface area contributed by atoms with Gasteiger partial charge in [-0.25, -0.2) is 4.39 Å². The standard InChI is InChI=1S/C18H26FN3O/c1-14-12-15(19)4-5-17(14)21-10-6-16(7-11-21)20-13-18(23)22-8-2-3-9-22/h4-5,12,16,20H,2-3,6-11,13H2,1H3. The van der Waals surface area contributed by atoms with Crippen molar-refractivity contribution in [1.82, 2.24) is 10.2 Å². The normalized spacial score (nSPS) is 19.4. The summed E-state index contributed by atoms with van der Waals surface area (Å²) in [6.45, 7) is 6.15. The van der Waals surface area contributed by atoms with E-state index >= 15 is 0 Å². The summed E-state index contributed by atoms with van der Waals surface area (Å²) in [5.74, 6) is 0.0579. The minimum absolute atomic E-state index is 0.178. The summed E-state index contributed by atoms with van der Waals surface area (Å²) in [6.07, 6.45) is 4.32. The molecule has 0 atom stereocenters. The molecule has 0 aromatic heterocycles. The van der Waals surface area contributed by atoms with Crippen LogP contribution in [0.2, 0.25) is 0 Å². The van der Waals surface area contributed by atoms with Crippen molar-refractivity contribution in [3.05, 3.63) is 29.6 Å². The first-order chi connectivity index (χ1) is 11.1. The summed E-state index contributed by atoms with van der Waals surface area (Å²) in [6, 6.07) is 5.39. The van der Waals surface area contributed by atoms with Gasteiger partial charge in [0.15, 0.2) is 0 Å². The van der Waals surface area contributed by atoms with E-state index in [1.807, 2.05) is 17.9 Å². The smallest absolute Gasteiger partial charge is 0.236 e. The minimum atomic E-state index is -0.178. The largest absolute Gasteiger partial charge is 0.371 e. The van der Waals surface area contributed by atoms with Gasteiger partial charge in [-0.2, -0.15) is 0 Å². The Hall–Kier alpha value is -1.62. The zero-order chi connectivity index (χ0) is 16.2. The van der Waals surface area contributed by atoms with E-state index < -0.39 is 0 Å². The number of carbonyl (C=O) groups is 1. The van der Waals surface area contributed by atoms with Crippen LogP contribution in [-0.4, -0.2) is 49.6 Å². The number of carbonyl (C=O) groups excluding carboxylic acids is 1. The van der Waals surface area contributed by atoms with Gasteiger partial charge in [0.25, 0.3) is 0 Å². The lowest BCUT2D eigenvalue weighted by Crippen LogP contribution is -2.46. The summed E-state index contributed by atoms with van der Waals surface area (Å²) in [5.41, 5.74) is 2.11. The molecule has 2 saturated heterocycles. The number of rotatable bonds is 4. The Morgan fingerprint density at radius 1 is 1.22 bits per heavy atom. The molecule has 0 aliphatic carbocycles. The molecule has 2 heterocycles. The second kappa shape index (κ2) is 7.30. The molecular formula is C18H26FN3O. The number of aryl methyl sites for hydroxylation is 1. The molecular weight excluding hydrogens is 293 g/mol. The highest BCUT2D eigenvalue weighted by molar-refractivity contribution is 5.78. The van der Waals surface area contributed by atoms with Gasteiger partial charge in [0.2, 0.25) is 5.91 Å². The number of hydrogen-bond donors (Lipinski definition) is 1. The number of nitrogens with zero attached hydrogens (tertiary/aromatic N) is 2. The van der Waals surface area contributed by atoms with Gasteiger partial charge in [0.05, 0.1) is 6.54 Å². The number of amides is 1. The molecule has 3 rings (SSSR count). The quantitative estimate of drug-likeness (QED) is 0.925. The van der Waals surface area contributed by atoms with Crippen LogP contribution in [0.5, 0.6) is 0 Å². The van der Waals surface area contributed by atoms with Crippen molar-refractivity contribution < 1.29 is 9.18 Å². The molecule has 23 heavy (non-hydrogen) atoms. The van der Waals surface area contributed by atoms with E-state index in [1.54, 1.807) is 6.07 Å². The molecule has 1 N–H and O–H groups in total. The van der Waals surface area contributed by atoms with Crippen LogP contribution in [-0.2, 0) is 4.79 Å². The molecule has 0 bridgehead atoms. The van der Waals surface area contributed by atoms with E-state index in [0.717, 1.165) is 63.1 Å². The third-order valence-corrected chi connectivity index (χ3v) is 5.00. The minimum Gasteiger partial charge on any atom is -0.371 e. The second-order valence-electron chi connectivity index (χ2n) is 6.66. The number of halogens is 1. The first-order valence-corrected chi connectivity index (χ1v) is 8.66. The SMILES string of the molecule is Cc1cc(F)ccc1N1CCC(NCC(=O)N2CCCC2)CC1. The van der Waals surface area contributed by atoms with Gasteiger partial charge in [0.1, 0.15) is 5.82 Å². The number of nitrogens with one attached hydrogen (secondary N) is 1. The number of benzene rings is 1. The molecule has 0 saturated carbocycles. The Bertz CT molecular complexity index is 549. The van der Waals surface area contributed by atoms with E-state index in [4.69, 9.17) is 0 Å². The van der Waals surface area contributed by atoms with Crippen LogP contribution >= 0.6 is 0 Å². The van der Waals surface area contributed by atoms with Crippen molar-refractivity contribution in [2.45, 2.75) is 38.6 Å². The Morgan fingerprint density at radius 2 is 1.91 bits per heavy atom. The fourth-order valence-electron chi connectivity index (χ4n) is 3.61. The van der Waals surface area contributed by atoms with Crippen LogP contribution in [0.1, 0.15) is 31.2 Å². The average Bonchev–Trinajstić information content (AvgIpc) is 3.08. The van der Waals surface area contributed by atoms with Gasteiger partial charge in [-0.05, 0) is 56.4 Å². The van der Waals surface area contributed by atoms with Gasteiger partial charge in [-0.3, -0.25) is 4.79 Å². The van der Waals surface area contributed by atoms with E-state index in [0.29, 0.717) is 12.6 Å². The lowest BCUT2D eigenvalue weighted by Gasteiger charge is -2.35. The van der Waals surface area contributed by atoms with E-state index in [-0.39, 0.29) is 11.7 Å². The van der Waals surface area contributed by atoms with Crippen molar-refractivity contribution >= 4 is 11.6 Å². The van der Waals surface area contributed by atoms with E-state index in [9.17, 15) is 9.18 Å². The van der Waals surface area contributed by atoms with Crippen LogP contribution in [0, 0.1) is 12.7 Å². The van der Waals surface area contributed by atoms with Crippen LogP contribution < -0.4 is 10.2 Å². The van der Waals surface area contributed by atoms with Crippen LogP contribution in [0.3, 0.4) is 0 Å². The van der Waals surface area contributed by atoms with Gasteiger partial charge < -0.3 is 15.1 Å². The van der Waals surface area contributed by atoms with E-state index in [2.05, 4.69) is 10.2 Å². The molecule has 1 aromatic carbocycles. The average molecular weight is 319 g/mol. The van der Waals surface area contributed by atoms with Gasteiger partial charge in [-0.1, -0.05) is 0 Å². The highest BCUT2D eigenvalue weighted by atomic mass is 19.1. The predicted octanol–water partition coefficient (Wildman–Crippen LogP) is 2.31. The lowest BCUT2D eigenvalue weighted by atomic mass is 10.0.